The van der Waals surface area contributed by atoms with Crippen LogP contribution < -0.4 is 14.8 Å². The van der Waals surface area contributed by atoms with Crippen LogP contribution in [0, 0.1) is 0 Å². The van der Waals surface area contributed by atoms with E-state index in [1.165, 1.54) is 11.6 Å². The molecule has 5 heteroatoms. The highest BCUT2D eigenvalue weighted by Crippen LogP contribution is 2.35. The number of nitrogens with one attached hydrogen (secondary N) is 1. The first-order chi connectivity index (χ1) is 12.2. The van der Waals surface area contributed by atoms with Crippen LogP contribution in [0.5, 0.6) is 11.5 Å². The second-order valence-electron chi connectivity index (χ2n) is 5.89. The number of carbonyl (C=O) groups excluding carboxylic acids is 1. The monoisotopic (exact) mass is 353 g/mol. The number of anilines is 1. The molecule has 0 fully saturated rings. The van der Waals surface area contributed by atoms with Gasteiger partial charge in [0.05, 0.1) is 5.03 Å². The first-order valence-electron chi connectivity index (χ1n) is 8.06. The Morgan fingerprint density at radius 3 is 2.84 bits per heavy atom. The highest BCUT2D eigenvalue weighted by atomic mass is 35.5. The van der Waals surface area contributed by atoms with Gasteiger partial charge >= 0.3 is 0 Å². The molecule has 0 radical (unpaired) electrons. The van der Waals surface area contributed by atoms with Crippen molar-refractivity contribution in [1.29, 1.82) is 0 Å². The molecule has 0 spiro atoms. The number of aryl methyl sites for hydroxylation is 1. The predicted molar refractivity (Wildman–Crippen MR) is 97.9 cm³/mol. The molecule has 0 aromatic heterocycles. The van der Waals surface area contributed by atoms with Gasteiger partial charge in [0.25, 0.3) is 0 Å². The number of benzene rings is 2. The van der Waals surface area contributed by atoms with E-state index in [2.05, 4.69) is 11.4 Å². The van der Waals surface area contributed by atoms with Crippen LogP contribution in [-0.2, 0) is 11.2 Å². The summed E-state index contributed by atoms with van der Waals surface area (Å²) < 4.78 is 10.6. The van der Waals surface area contributed by atoms with E-state index in [4.69, 9.17) is 21.1 Å². The third kappa shape index (κ3) is 3.26. The van der Waals surface area contributed by atoms with Gasteiger partial charge in [-0.2, -0.15) is 0 Å². The standard InChI is InChI=1S/C20H16ClNO3/c21-20-14(6-5-13-3-1-2-4-16(13)20)7-10-19(23)22-15-8-9-17-18(11-15)25-12-24-17/h1-4,7-11H,5-6,12H2,(H,22,23)/b10-7+. The van der Waals surface area contributed by atoms with Crippen LogP contribution >= 0.6 is 11.6 Å². The molecule has 4 nitrogen and oxygen atoms in total. The fourth-order valence-electron chi connectivity index (χ4n) is 3.00. The number of fused-ring (bicyclic) bond motifs is 2. The molecule has 0 saturated carbocycles. The molecule has 4 rings (SSSR count). The van der Waals surface area contributed by atoms with Gasteiger partial charge in [0.1, 0.15) is 0 Å². The second-order valence-corrected chi connectivity index (χ2v) is 6.26. The number of hydrogen-bond donors (Lipinski definition) is 1. The quantitative estimate of drug-likeness (QED) is 0.826. The molecule has 2 aromatic carbocycles. The molecule has 1 aliphatic carbocycles. The van der Waals surface area contributed by atoms with Crippen molar-refractivity contribution in [2.45, 2.75) is 12.8 Å². The summed E-state index contributed by atoms with van der Waals surface area (Å²) in [6.07, 6.45) is 5.05. The molecule has 2 aliphatic rings. The van der Waals surface area contributed by atoms with E-state index in [-0.39, 0.29) is 12.7 Å². The van der Waals surface area contributed by atoms with Crippen LogP contribution in [0.1, 0.15) is 17.5 Å². The Kier molecular flexibility index (Phi) is 4.20. The summed E-state index contributed by atoms with van der Waals surface area (Å²) in [5, 5.41) is 3.53. The molecule has 2 aromatic rings. The lowest BCUT2D eigenvalue weighted by molar-refractivity contribution is -0.111. The van der Waals surface area contributed by atoms with E-state index in [0.717, 1.165) is 24.0 Å². The van der Waals surface area contributed by atoms with Crippen LogP contribution in [0.3, 0.4) is 0 Å². The van der Waals surface area contributed by atoms with Gasteiger partial charge in [-0.05, 0) is 41.7 Å². The minimum Gasteiger partial charge on any atom is -0.454 e. The predicted octanol–water partition coefficient (Wildman–Crippen LogP) is 4.51. The Balaban J connectivity index is 1.48. The van der Waals surface area contributed by atoms with E-state index in [1.54, 1.807) is 24.3 Å². The van der Waals surface area contributed by atoms with Crippen molar-refractivity contribution in [3.63, 3.8) is 0 Å². The lowest BCUT2D eigenvalue weighted by Crippen LogP contribution is -2.08. The summed E-state index contributed by atoms with van der Waals surface area (Å²) >= 11 is 6.49. The number of carbonyl (C=O) groups is 1. The van der Waals surface area contributed by atoms with Gasteiger partial charge in [-0.15, -0.1) is 0 Å². The number of ether oxygens (including phenoxy) is 2. The van der Waals surface area contributed by atoms with Gasteiger partial charge < -0.3 is 14.8 Å². The number of rotatable bonds is 3. The van der Waals surface area contributed by atoms with Crippen molar-refractivity contribution in [2.24, 2.45) is 0 Å². The van der Waals surface area contributed by atoms with Crippen LogP contribution in [0.15, 0.2) is 60.2 Å². The van der Waals surface area contributed by atoms with Crippen LogP contribution in [0.25, 0.3) is 5.03 Å². The Labute approximate surface area is 150 Å². The summed E-state index contributed by atoms with van der Waals surface area (Å²) in [5.74, 6) is 1.11. The van der Waals surface area contributed by atoms with Crippen molar-refractivity contribution >= 4 is 28.2 Å². The van der Waals surface area contributed by atoms with Crippen LogP contribution in [0.4, 0.5) is 5.69 Å². The summed E-state index contributed by atoms with van der Waals surface area (Å²) in [6.45, 7) is 0.209. The van der Waals surface area contributed by atoms with E-state index in [0.29, 0.717) is 22.2 Å². The smallest absolute Gasteiger partial charge is 0.248 e. The molecule has 0 atom stereocenters. The average molecular weight is 354 g/mol. The highest BCUT2D eigenvalue weighted by Gasteiger charge is 2.16. The fourth-order valence-corrected chi connectivity index (χ4v) is 3.34. The van der Waals surface area contributed by atoms with Crippen LogP contribution in [0.2, 0.25) is 0 Å². The zero-order valence-corrected chi connectivity index (χ0v) is 14.2. The first-order valence-corrected chi connectivity index (χ1v) is 8.44. The van der Waals surface area contributed by atoms with E-state index in [9.17, 15) is 4.79 Å². The second kappa shape index (κ2) is 6.65. The number of halogens is 1. The molecule has 1 N–H and O–H groups in total. The summed E-state index contributed by atoms with van der Waals surface area (Å²) in [5.41, 5.74) is 3.93. The van der Waals surface area contributed by atoms with Gasteiger partial charge in [0.15, 0.2) is 11.5 Å². The zero-order chi connectivity index (χ0) is 17.2. The Morgan fingerprint density at radius 1 is 1.08 bits per heavy atom. The summed E-state index contributed by atoms with van der Waals surface area (Å²) in [4.78, 5) is 12.2. The number of allylic oxidation sites excluding steroid dienone is 2. The minimum atomic E-state index is -0.213. The van der Waals surface area contributed by atoms with E-state index < -0.39 is 0 Å². The van der Waals surface area contributed by atoms with Crippen molar-refractivity contribution in [3.8, 4) is 11.5 Å². The molecule has 1 aliphatic heterocycles. The first kappa shape index (κ1) is 15.8. The molecule has 0 unspecified atom stereocenters. The van der Waals surface area contributed by atoms with Crippen molar-refractivity contribution in [1.82, 2.24) is 0 Å². The maximum absolute atomic E-state index is 12.2. The minimum absolute atomic E-state index is 0.209. The lowest BCUT2D eigenvalue weighted by atomic mass is 9.92. The molecule has 0 bridgehead atoms. The Bertz CT molecular complexity index is 902. The van der Waals surface area contributed by atoms with E-state index >= 15 is 0 Å². The van der Waals surface area contributed by atoms with Gasteiger partial charge in [-0.3, -0.25) is 4.79 Å². The molecule has 0 saturated heterocycles. The van der Waals surface area contributed by atoms with Gasteiger partial charge in [0, 0.05) is 17.8 Å². The summed E-state index contributed by atoms with van der Waals surface area (Å²) in [7, 11) is 0. The SMILES string of the molecule is O=C(/C=C/C1=C(Cl)c2ccccc2CC1)Nc1ccc2c(c1)OCO2. The Hall–Kier alpha value is -2.72. The maximum atomic E-state index is 12.2. The maximum Gasteiger partial charge on any atom is 0.248 e. The topological polar surface area (TPSA) is 47.6 Å². The third-order valence-electron chi connectivity index (χ3n) is 4.28. The number of hydrogen-bond acceptors (Lipinski definition) is 3. The van der Waals surface area contributed by atoms with E-state index in [1.807, 2.05) is 18.2 Å². The number of amides is 1. The molecule has 1 amide bonds. The largest absolute Gasteiger partial charge is 0.454 e. The normalized spacial score (nSPS) is 15.4. The van der Waals surface area contributed by atoms with Crippen LogP contribution in [-0.4, -0.2) is 12.7 Å². The molecule has 126 valence electrons. The summed E-state index contributed by atoms with van der Waals surface area (Å²) in [6, 6.07) is 13.4. The van der Waals surface area contributed by atoms with Gasteiger partial charge in [0.2, 0.25) is 12.7 Å². The molecule has 25 heavy (non-hydrogen) atoms. The van der Waals surface area contributed by atoms with Crippen molar-refractivity contribution in [3.05, 3.63) is 71.3 Å². The highest BCUT2D eigenvalue weighted by molar-refractivity contribution is 6.49. The van der Waals surface area contributed by atoms with Crippen molar-refractivity contribution in [2.75, 3.05) is 12.1 Å². The molecular formula is C20H16ClNO3. The van der Waals surface area contributed by atoms with Gasteiger partial charge in [-0.25, -0.2) is 0 Å². The molecule has 1 heterocycles. The third-order valence-corrected chi connectivity index (χ3v) is 4.72. The average Bonchev–Trinajstić information content (AvgIpc) is 3.09. The van der Waals surface area contributed by atoms with Crippen molar-refractivity contribution < 1.29 is 14.3 Å². The van der Waals surface area contributed by atoms with Gasteiger partial charge in [-0.1, -0.05) is 41.9 Å². The Morgan fingerprint density at radius 2 is 1.92 bits per heavy atom. The lowest BCUT2D eigenvalue weighted by Gasteiger charge is -2.17. The fraction of sp³-hybridized carbons (Fsp3) is 0.150. The molecular weight excluding hydrogens is 338 g/mol. The zero-order valence-electron chi connectivity index (χ0n) is 13.4.